The molecule has 0 N–H and O–H groups in total. The van der Waals surface area contributed by atoms with Crippen LogP contribution in [-0.4, -0.2) is 9.13 Å². The van der Waals surface area contributed by atoms with Crippen LogP contribution < -0.4 is 10.6 Å². The number of allylic oxidation sites excluding steroid dienone is 4. The van der Waals surface area contributed by atoms with Gasteiger partial charge in [-0.3, -0.25) is 0 Å². The monoisotopic (exact) mass is 638 g/mol. The topological polar surface area (TPSA) is 9.86 Å². The first-order valence-electron chi connectivity index (χ1n) is 17.2. The van der Waals surface area contributed by atoms with Crippen LogP contribution in [0.3, 0.4) is 0 Å². The molecule has 1 aliphatic carbocycles. The highest BCUT2D eigenvalue weighted by Crippen LogP contribution is 2.45. The molecule has 1 atom stereocenters. The van der Waals surface area contributed by atoms with Gasteiger partial charge in [0, 0.05) is 32.9 Å². The SMILES string of the molecule is C1=CC(P(c2ccccc2)c2ccc(-n3c4ccccc4c4cc5c(cc43)c3ccccc3n5-c3ccccc3)cc2)=CCCC1.CC. The molecule has 0 bridgehead atoms. The molecule has 48 heavy (non-hydrogen) atoms. The van der Waals surface area contributed by atoms with Crippen molar-refractivity contribution in [2.45, 2.75) is 33.1 Å². The van der Waals surface area contributed by atoms with Crippen molar-refractivity contribution in [1.29, 1.82) is 0 Å². The molecule has 0 amide bonds. The van der Waals surface area contributed by atoms with Crippen molar-refractivity contribution in [2.24, 2.45) is 0 Å². The zero-order chi connectivity index (χ0) is 32.5. The van der Waals surface area contributed by atoms with Gasteiger partial charge in [0.1, 0.15) is 0 Å². The smallest absolute Gasteiger partial charge is 0.0548 e. The molecule has 2 aromatic heterocycles. The third-order valence-corrected chi connectivity index (χ3v) is 11.8. The molecule has 6 aromatic carbocycles. The molecule has 0 fully saturated rings. The summed E-state index contributed by atoms with van der Waals surface area (Å²) in [6.45, 7) is 4.00. The van der Waals surface area contributed by atoms with Crippen molar-refractivity contribution >= 4 is 62.1 Å². The van der Waals surface area contributed by atoms with Crippen LogP contribution in [0.4, 0.5) is 0 Å². The minimum atomic E-state index is -0.626. The zero-order valence-electron chi connectivity index (χ0n) is 27.6. The Morgan fingerprint density at radius 2 is 0.958 bits per heavy atom. The van der Waals surface area contributed by atoms with Gasteiger partial charge in [0.05, 0.1) is 22.1 Å². The summed E-state index contributed by atoms with van der Waals surface area (Å²) in [5.41, 5.74) is 7.30. The highest BCUT2D eigenvalue weighted by Gasteiger charge is 2.20. The lowest BCUT2D eigenvalue weighted by Crippen LogP contribution is -2.13. The van der Waals surface area contributed by atoms with E-state index in [1.54, 1.807) is 0 Å². The van der Waals surface area contributed by atoms with E-state index in [-0.39, 0.29) is 0 Å². The normalized spacial score (nSPS) is 13.8. The summed E-state index contributed by atoms with van der Waals surface area (Å²) in [5, 5.41) is 9.33. The van der Waals surface area contributed by atoms with E-state index in [4.69, 9.17) is 0 Å². The van der Waals surface area contributed by atoms with Crippen molar-refractivity contribution < 1.29 is 0 Å². The summed E-state index contributed by atoms with van der Waals surface area (Å²) in [7, 11) is -0.626. The zero-order valence-corrected chi connectivity index (χ0v) is 28.4. The van der Waals surface area contributed by atoms with E-state index in [1.165, 1.54) is 77.3 Å². The summed E-state index contributed by atoms with van der Waals surface area (Å²) in [6, 6.07) is 53.6. The average molecular weight is 639 g/mol. The summed E-state index contributed by atoms with van der Waals surface area (Å²) in [5.74, 6) is 0. The number of aromatic nitrogens is 2. The van der Waals surface area contributed by atoms with E-state index in [2.05, 4.69) is 173 Å². The lowest BCUT2D eigenvalue weighted by molar-refractivity contribution is 0.875. The van der Waals surface area contributed by atoms with Gasteiger partial charge in [0.15, 0.2) is 0 Å². The van der Waals surface area contributed by atoms with Gasteiger partial charge in [-0.15, -0.1) is 0 Å². The summed E-state index contributed by atoms with van der Waals surface area (Å²) >= 11 is 0. The highest BCUT2D eigenvalue weighted by atomic mass is 31.1. The Balaban J connectivity index is 0.00000165. The number of rotatable bonds is 5. The van der Waals surface area contributed by atoms with Gasteiger partial charge in [-0.1, -0.05) is 129 Å². The van der Waals surface area contributed by atoms with Gasteiger partial charge in [0.2, 0.25) is 0 Å². The third kappa shape index (κ3) is 5.18. The molecule has 2 heterocycles. The van der Waals surface area contributed by atoms with Crippen LogP contribution in [0, 0.1) is 0 Å². The van der Waals surface area contributed by atoms with Crippen molar-refractivity contribution in [1.82, 2.24) is 9.13 Å². The second-order valence-corrected chi connectivity index (χ2v) is 14.3. The fourth-order valence-electron chi connectivity index (χ4n) is 7.26. The Hall–Kier alpha value is -5.17. The number of hydrogen-bond donors (Lipinski definition) is 0. The second-order valence-electron chi connectivity index (χ2n) is 12.1. The first-order valence-corrected chi connectivity index (χ1v) is 18.5. The van der Waals surface area contributed by atoms with Crippen LogP contribution in [0.2, 0.25) is 0 Å². The van der Waals surface area contributed by atoms with Crippen LogP contribution in [-0.2, 0) is 0 Å². The molecule has 9 rings (SSSR count). The maximum Gasteiger partial charge on any atom is 0.0548 e. The number of nitrogens with zero attached hydrogens (tertiary/aromatic N) is 2. The van der Waals surface area contributed by atoms with Crippen molar-refractivity contribution in [3.8, 4) is 11.4 Å². The molecule has 0 saturated carbocycles. The molecule has 234 valence electrons. The predicted molar refractivity (Wildman–Crippen MR) is 210 cm³/mol. The summed E-state index contributed by atoms with van der Waals surface area (Å²) < 4.78 is 4.87. The van der Waals surface area contributed by atoms with Gasteiger partial charge in [0.25, 0.3) is 0 Å². The third-order valence-electron chi connectivity index (χ3n) is 9.34. The molecule has 0 saturated heterocycles. The van der Waals surface area contributed by atoms with E-state index in [0.717, 1.165) is 12.8 Å². The molecular weight excluding hydrogens is 599 g/mol. The predicted octanol–water partition coefficient (Wildman–Crippen LogP) is 12.0. The number of hydrogen-bond acceptors (Lipinski definition) is 0. The lowest BCUT2D eigenvalue weighted by Gasteiger charge is -2.21. The van der Waals surface area contributed by atoms with Crippen LogP contribution in [0.25, 0.3) is 55.0 Å². The Kier molecular flexibility index (Phi) is 8.27. The number of benzene rings is 6. The Morgan fingerprint density at radius 3 is 1.56 bits per heavy atom. The maximum atomic E-state index is 2.47. The van der Waals surface area contributed by atoms with Crippen molar-refractivity contribution in [3.05, 3.63) is 169 Å². The Bertz CT molecular complexity index is 2430. The van der Waals surface area contributed by atoms with Crippen LogP contribution in [0.5, 0.6) is 0 Å². The van der Waals surface area contributed by atoms with Gasteiger partial charge in [-0.05, 0) is 91.6 Å². The van der Waals surface area contributed by atoms with Gasteiger partial charge < -0.3 is 9.13 Å². The lowest BCUT2D eigenvalue weighted by atomic mass is 10.1. The molecule has 3 heteroatoms. The largest absolute Gasteiger partial charge is 0.309 e. The van der Waals surface area contributed by atoms with Gasteiger partial charge in [-0.2, -0.15) is 0 Å². The summed E-state index contributed by atoms with van der Waals surface area (Å²) in [4.78, 5) is 0. The number of fused-ring (bicyclic) bond motifs is 6. The molecule has 2 nitrogen and oxygen atoms in total. The molecular formula is C45H39N2P. The van der Waals surface area contributed by atoms with E-state index >= 15 is 0 Å². The van der Waals surface area contributed by atoms with E-state index in [0.29, 0.717) is 0 Å². The first kappa shape index (κ1) is 30.2. The molecule has 1 aliphatic rings. The second kappa shape index (κ2) is 13.1. The standard InChI is InChI=1S/C43H33N2P.C2H6/c1-2-8-18-33(17-7-1)46(34-19-9-4-10-20-34)35-27-25-32(26-28-35)45-41-24-14-12-22-37(41)39-29-42-38(30-43(39)45)36-21-11-13-23-40(36)44(42)31-15-5-3-6-16-31;1-2/h3-7,9-30H,1-2,8H2;1-2H3. The van der Waals surface area contributed by atoms with E-state index < -0.39 is 7.92 Å². The Labute approximate surface area is 284 Å². The minimum Gasteiger partial charge on any atom is -0.309 e. The fourth-order valence-corrected chi connectivity index (χ4v) is 9.64. The highest BCUT2D eigenvalue weighted by molar-refractivity contribution is 7.77. The van der Waals surface area contributed by atoms with Gasteiger partial charge >= 0.3 is 0 Å². The van der Waals surface area contributed by atoms with E-state index in [9.17, 15) is 0 Å². The average Bonchev–Trinajstić information content (AvgIpc) is 3.50. The van der Waals surface area contributed by atoms with Gasteiger partial charge in [-0.25, -0.2) is 0 Å². The van der Waals surface area contributed by atoms with Crippen LogP contribution >= 0.6 is 7.92 Å². The van der Waals surface area contributed by atoms with E-state index in [1.807, 2.05) is 13.8 Å². The molecule has 1 unspecified atom stereocenters. The maximum absolute atomic E-state index is 2.47. The Morgan fingerprint density at radius 1 is 0.458 bits per heavy atom. The van der Waals surface area contributed by atoms with Crippen LogP contribution in [0.1, 0.15) is 33.1 Å². The van der Waals surface area contributed by atoms with Crippen LogP contribution in [0.15, 0.2) is 169 Å². The number of para-hydroxylation sites is 3. The van der Waals surface area contributed by atoms with Crippen molar-refractivity contribution in [2.75, 3.05) is 0 Å². The molecule has 0 spiro atoms. The quantitative estimate of drug-likeness (QED) is 0.166. The summed E-state index contributed by atoms with van der Waals surface area (Å²) in [6.07, 6.45) is 10.7. The van der Waals surface area contributed by atoms with Crippen molar-refractivity contribution in [3.63, 3.8) is 0 Å². The molecule has 0 radical (unpaired) electrons. The first-order chi connectivity index (χ1) is 23.8. The molecule has 0 aliphatic heterocycles. The fraction of sp³-hybridized carbons (Fsp3) is 0.111. The minimum absolute atomic E-state index is 0.626. The molecule has 8 aromatic rings.